The lowest BCUT2D eigenvalue weighted by Crippen LogP contribution is -2.25. The zero-order valence-corrected chi connectivity index (χ0v) is 17.3. The molecule has 0 heterocycles. The van der Waals surface area contributed by atoms with E-state index >= 15 is 0 Å². The Kier molecular flexibility index (Phi) is 6.92. The van der Waals surface area contributed by atoms with Gasteiger partial charge in [-0.2, -0.15) is 0 Å². The fourth-order valence-corrected chi connectivity index (χ4v) is 4.43. The number of carbonyl (C=O) groups excluding carboxylic acids is 1. The Morgan fingerprint density at radius 1 is 1.10 bits per heavy atom. The van der Waals surface area contributed by atoms with Crippen molar-refractivity contribution in [3.05, 3.63) is 70.5 Å². The molecular formula is C21H22ClFN2O3S. The number of allylic oxidation sites excluding steroid dienone is 1. The Bertz CT molecular complexity index is 1020. The summed E-state index contributed by atoms with van der Waals surface area (Å²) in [5.74, 6) is -0.896. The first-order valence-corrected chi connectivity index (χ1v) is 11.3. The first-order valence-electron chi connectivity index (χ1n) is 9.39. The molecule has 29 heavy (non-hydrogen) atoms. The molecule has 2 aromatic rings. The van der Waals surface area contributed by atoms with Gasteiger partial charge in [0.25, 0.3) is 15.9 Å². The smallest absolute Gasteiger partial charge is 0.261 e. The van der Waals surface area contributed by atoms with Crippen LogP contribution >= 0.6 is 11.6 Å². The number of halogens is 2. The monoisotopic (exact) mass is 436 g/mol. The standard InChI is InChI=1S/C21H22ClFN2O3S/c22-20-11-10-18(29(27,28)25-17-8-6-16(23)7-9-17)14-19(20)21(26)24-13-12-15-4-2-1-3-5-15/h4,6-11,14,25H,1-3,5,12-13H2,(H,24,26). The van der Waals surface area contributed by atoms with Crippen LogP contribution in [-0.2, 0) is 10.0 Å². The van der Waals surface area contributed by atoms with E-state index in [4.69, 9.17) is 11.6 Å². The third kappa shape index (κ3) is 5.81. The zero-order chi connectivity index (χ0) is 20.9. The van der Waals surface area contributed by atoms with E-state index in [1.807, 2.05) is 0 Å². The van der Waals surface area contributed by atoms with Gasteiger partial charge in [-0.25, -0.2) is 12.8 Å². The average Bonchev–Trinajstić information content (AvgIpc) is 2.70. The van der Waals surface area contributed by atoms with Gasteiger partial charge in [-0.15, -0.1) is 0 Å². The molecule has 1 amide bonds. The summed E-state index contributed by atoms with van der Waals surface area (Å²) in [5, 5.41) is 2.97. The van der Waals surface area contributed by atoms with Gasteiger partial charge < -0.3 is 5.32 Å². The molecule has 0 aromatic heterocycles. The molecule has 0 spiro atoms. The van der Waals surface area contributed by atoms with E-state index in [1.54, 1.807) is 0 Å². The second-order valence-corrected chi connectivity index (χ2v) is 8.96. The molecule has 1 aliphatic rings. The van der Waals surface area contributed by atoms with E-state index in [0.717, 1.165) is 31.4 Å². The molecule has 5 nitrogen and oxygen atoms in total. The highest BCUT2D eigenvalue weighted by Gasteiger charge is 2.19. The highest BCUT2D eigenvalue weighted by atomic mass is 35.5. The predicted octanol–water partition coefficient (Wildman–Crippen LogP) is 4.90. The Morgan fingerprint density at radius 2 is 1.86 bits per heavy atom. The fraction of sp³-hybridized carbons (Fsp3) is 0.286. The summed E-state index contributed by atoms with van der Waals surface area (Å²) in [5.41, 5.74) is 1.64. The summed E-state index contributed by atoms with van der Waals surface area (Å²) in [6.07, 6.45) is 7.51. The summed E-state index contributed by atoms with van der Waals surface area (Å²) in [4.78, 5) is 12.4. The number of sulfonamides is 1. The maximum Gasteiger partial charge on any atom is 0.261 e. The van der Waals surface area contributed by atoms with Crippen LogP contribution in [0.2, 0.25) is 5.02 Å². The van der Waals surface area contributed by atoms with E-state index in [2.05, 4.69) is 16.1 Å². The molecule has 154 valence electrons. The van der Waals surface area contributed by atoms with E-state index < -0.39 is 21.7 Å². The van der Waals surface area contributed by atoms with Crippen LogP contribution in [0.3, 0.4) is 0 Å². The second-order valence-electron chi connectivity index (χ2n) is 6.87. The number of nitrogens with one attached hydrogen (secondary N) is 2. The van der Waals surface area contributed by atoms with Crippen LogP contribution < -0.4 is 10.0 Å². The summed E-state index contributed by atoms with van der Waals surface area (Å²) >= 11 is 6.12. The number of hydrogen-bond donors (Lipinski definition) is 2. The predicted molar refractivity (Wildman–Crippen MR) is 112 cm³/mol. The van der Waals surface area contributed by atoms with E-state index in [9.17, 15) is 17.6 Å². The molecule has 0 unspecified atom stereocenters. The minimum Gasteiger partial charge on any atom is -0.352 e. The SMILES string of the molecule is O=C(NCCC1=CCCCC1)c1cc(S(=O)(=O)Nc2ccc(F)cc2)ccc1Cl. The van der Waals surface area contributed by atoms with Gasteiger partial charge in [0, 0.05) is 12.2 Å². The highest BCUT2D eigenvalue weighted by Crippen LogP contribution is 2.23. The summed E-state index contributed by atoms with van der Waals surface area (Å²) < 4.78 is 40.6. The number of rotatable bonds is 7. The minimum absolute atomic E-state index is 0.0891. The molecule has 2 N–H and O–H groups in total. The quantitative estimate of drug-likeness (QED) is 0.606. The van der Waals surface area contributed by atoms with Crippen LogP contribution in [0.4, 0.5) is 10.1 Å². The van der Waals surface area contributed by atoms with E-state index in [1.165, 1.54) is 48.7 Å². The maximum absolute atomic E-state index is 13.0. The van der Waals surface area contributed by atoms with Crippen LogP contribution in [0.15, 0.2) is 59.0 Å². The van der Waals surface area contributed by atoms with Gasteiger partial charge in [-0.3, -0.25) is 9.52 Å². The van der Waals surface area contributed by atoms with Crippen molar-refractivity contribution in [2.75, 3.05) is 11.3 Å². The van der Waals surface area contributed by atoms with Crippen LogP contribution in [0, 0.1) is 5.82 Å². The fourth-order valence-electron chi connectivity index (χ4n) is 3.14. The number of carbonyl (C=O) groups is 1. The Morgan fingerprint density at radius 3 is 2.55 bits per heavy atom. The molecular weight excluding hydrogens is 415 g/mol. The van der Waals surface area contributed by atoms with Gasteiger partial charge in [-0.05, 0) is 74.6 Å². The lowest BCUT2D eigenvalue weighted by molar-refractivity contribution is 0.0954. The Labute approximate surface area is 175 Å². The normalized spacial score (nSPS) is 14.2. The molecule has 2 aromatic carbocycles. The molecule has 0 saturated carbocycles. The number of benzene rings is 2. The van der Waals surface area contributed by atoms with Gasteiger partial charge in [0.2, 0.25) is 0 Å². The van der Waals surface area contributed by atoms with Crippen LogP contribution in [0.1, 0.15) is 42.5 Å². The lowest BCUT2D eigenvalue weighted by atomic mass is 9.97. The molecule has 0 aliphatic heterocycles. The Hall–Kier alpha value is -2.38. The van der Waals surface area contributed by atoms with Crippen molar-refractivity contribution in [2.45, 2.75) is 37.0 Å². The number of hydrogen-bond acceptors (Lipinski definition) is 3. The van der Waals surface area contributed by atoms with Gasteiger partial charge >= 0.3 is 0 Å². The van der Waals surface area contributed by atoms with Crippen molar-refractivity contribution in [2.24, 2.45) is 0 Å². The van der Waals surface area contributed by atoms with Crippen molar-refractivity contribution < 1.29 is 17.6 Å². The Balaban J connectivity index is 1.70. The molecule has 3 rings (SSSR count). The molecule has 8 heteroatoms. The summed E-state index contributed by atoms with van der Waals surface area (Å²) in [6.45, 7) is 0.464. The van der Waals surface area contributed by atoms with Crippen molar-refractivity contribution >= 4 is 33.2 Å². The van der Waals surface area contributed by atoms with Crippen molar-refractivity contribution in [1.82, 2.24) is 5.32 Å². The first-order chi connectivity index (χ1) is 13.8. The molecule has 0 saturated heterocycles. The maximum atomic E-state index is 13.0. The first kappa shape index (κ1) is 21.3. The topological polar surface area (TPSA) is 75.3 Å². The van der Waals surface area contributed by atoms with Crippen LogP contribution in [0.25, 0.3) is 0 Å². The van der Waals surface area contributed by atoms with E-state index in [-0.39, 0.29) is 21.2 Å². The van der Waals surface area contributed by atoms with Crippen molar-refractivity contribution in [3.63, 3.8) is 0 Å². The minimum atomic E-state index is -3.96. The van der Waals surface area contributed by atoms with Gasteiger partial charge in [-0.1, -0.05) is 23.3 Å². The van der Waals surface area contributed by atoms with E-state index in [0.29, 0.717) is 6.54 Å². The highest BCUT2D eigenvalue weighted by molar-refractivity contribution is 7.92. The summed E-state index contributed by atoms with van der Waals surface area (Å²) in [6, 6.07) is 8.87. The number of amides is 1. The molecule has 0 bridgehead atoms. The zero-order valence-electron chi connectivity index (χ0n) is 15.8. The van der Waals surface area contributed by atoms with Crippen LogP contribution in [-0.4, -0.2) is 20.9 Å². The van der Waals surface area contributed by atoms with Crippen molar-refractivity contribution in [3.8, 4) is 0 Å². The molecule has 0 atom stereocenters. The van der Waals surface area contributed by atoms with Crippen LogP contribution in [0.5, 0.6) is 0 Å². The van der Waals surface area contributed by atoms with Gasteiger partial charge in [0.05, 0.1) is 15.5 Å². The molecule has 0 radical (unpaired) electrons. The molecule has 0 fully saturated rings. The third-order valence-corrected chi connectivity index (χ3v) is 6.41. The van der Waals surface area contributed by atoms with Gasteiger partial charge in [0.1, 0.15) is 5.82 Å². The van der Waals surface area contributed by atoms with Gasteiger partial charge in [0.15, 0.2) is 0 Å². The largest absolute Gasteiger partial charge is 0.352 e. The number of anilines is 1. The van der Waals surface area contributed by atoms with Crippen molar-refractivity contribution in [1.29, 1.82) is 0 Å². The third-order valence-electron chi connectivity index (χ3n) is 4.71. The lowest BCUT2D eigenvalue weighted by Gasteiger charge is -2.14. The second kappa shape index (κ2) is 9.41. The average molecular weight is 437 g/mol. The molecule has 1 aliphatic carbocycles. The summed E-state index contributed by atoms with van der Waals surface area (Å²) in [7, 11) is -3.96.